The second-order valence-corrected chi connectivity index (χ2v) is 27.8. The van der Waals surface area contributed by atoms with E-state index in [2.05, 4.69) is 203 Å². The third kappa shape index (κ3) is 10.5. The van der Waals surface area contributed by atoms with Crippen molar-refractivity contribution in [1.29, 1.82) is 0 Å². The van der Waals surface area contributed by atoms with Gasteiger partial charge in [-0.3, -0.25) is 0 Å². The van der Waals surface area contributed by atoms with Gasteiger partial charge < -0.3 is 18.7 Å². The average molecular weight is 817 g/mol. The van der Waals surface area contributed by atoms with Crippen LogP contribution in [-0.4, -0.2) is 52.8 Å². The first kappa shape index (κ1) is 45.7. The summed E-state index contributed by atoms with van der Waals surface area (Å²) in [6.45, 7) is 23.9. The molecule has 5 rings (SSSR count). The number of hydrogen-bond acceptors (Lipinski definition) is 4. The summed E-state index contributed by atoms with van der Waals surface area (Å²) >= 11 is 0. The van der Waals surface area contributed by atoms with E-state index in [0.717, 1.165) is 32.1 Å². The van der Waals surface area contributed by atoms with E-state index in [9.17, 15) is 5.11 Å². The molecule has 0 amide bonds. The van der Waals surface area contributed by atoms with Crippen LogP contribution in [0.4, 0.5) is 0 Å². The zero-order chi connectivity index (χ0) is 42.0. The maximum Gasteiger partial charge on any atom is 0.261 e. The van der Waals surface area contributed by atoms with Gasteiger partial charge in [-0.1, -0.05) is 208 Å². The highest BCUT2D eigenvalue weighted by Gasteiger charge is 2.54. The molecule has 4 aromatic rings. The number of ether oxygens (including phenoxy) is 1. The molecule has 1 aliphatic rings. The molecule has 4 aromatic carbocycles. The summed E-state index contributed by atoms with van der Waals surface area (Å²) < 4.78 is 22.5. The molecule has 2 unspecified atom stereocenters. The molecule has 1 saturated heterocycles. The van der Waals surface area contributed by atoms with Gasteiger partial charge >= 0.3 is 0 Å². The molecular formula is C52H72O4Si2. The fraction of sp³-hybridized carbons (Fsp3) is 0.462. The molecule has 0 saturated carbocycles. The van der Waals surface area contributed by atoms with E-state index in [1.165, 1.54) is 26.3 Å². The van der Waals surface area contributed by atoms with Crippen molar-refractivity contribution in [3.8, 4) is 0 Å². The molecule has 6 heteroatoms. The van der Waals surface area contributed by atoms with Gasteiger partial charge in [-0.15, -0.1) is 0 Å². The summed E-state index contributed by atoms with van der Waals surface area (Å²) in [6, 6.07) is 43.7. The van der Waals surface area contributed by atoms with Gasteiger partial charge in [0, 0.05) is 0 Å². The van der Waals surface area contributed by atoms with Gasteiger partial charge in [-0.05, 0) is 80.8 Å². The predicted octanol–water partition coefficient (Wildman–Crippen LogP) is 10.4. The number of aliphatic hydroxyl groups is 1. The highest BCUT2D eigenvalue weighted by Crippen LogP contribution is 2.43. The summed E-state index contributed by atoms with van der Waals surface area (Å²) in [5, 5.41) is 15.9. The minimum atomic E-state index is -2.88. The van der Waals surface area contributed by atoms with Crippen LogP contribution in [0.3, 0.4) is 0 Å². The van der Waals surface area contributed by atoms with Crippen molar-refractivity contribution in [2.75, 3.05) is 13.2 Å². The molecule has 0 spiro atoms. The van der Waals surface area contributed by atoms with Gasteiger partial charge in [0.05, 0.1) is 31.0 Å². The van der Waals surface area contributed by atoms with Crippen molar-refractivity contribution in [3.05, 3.63) is 145 Å². The summed E-state index contributed by atoms with van der Waals surface area (Å²) in [7, 11) is -5.58. The van der Waals surface area contributed by atoms with Crippen molar-refractivity contribution < 1.29 is 18.7 Å². The Bertz CT molecular complexity index is 1800. The zero-order valence-electron chi connectivity index (χ0n) is 37.2. The lowest BCUT2D eigenvalue weighted by Crippen LogP contribution is -2.69. The molecule has 0 aromatic heterocycles. The lowest BCUT2D eigenvalue weighted by molar-refractivity contribution is -0.0981. The Hall–Kier alpha value is -3.37. The first-order chi connectivity index (χ1) is 27.5. The second-order valence-electron chi connectivity index (χ2n) is 19.2. The molecule has 0 bridgehead atoms. The molecule has 58 heavy (non-hydrogen) atoms. The highest BCUT2D eigenvalue weighted by atomic mass is 28.4. The van der Waals surface area contributed by atoms with Crippen LogP contribution in [0.15, 0.2) is 145 Å². The second kappa shape index (κ2) is 19.8. The fourth-order valence-electron chi connectivity index (χ4n) is 9.04. The van der Waals surface area contributed by atoms with Gasteiger partial charge in [0.25, 0.3) is 16.6 Å². The molecule has 312 valence electrons. The van der Waals surface area contributed by atoms with E-state index in [0.29, 0.717) is 19.1 Å². The Balaban J connectivity index is 1.50. The Labute approximate surface area is 354 Å². The van der Waals surface area contributed by atoms with Crippen LogP contribution in [-0.2, 0) is 13.6 Å². The highest BCUT2D eigenvalue weighted by molar-refractivity contribution is 7.00. The monoisotopic (exact) mass is 816 g/mol. The van der Waals surface area contributed by atoms with Gasteiger partial charge in [-0.25, -0.2) is 0 Å². The SMILES string of the molecule is CC(C)C=CC(O)C(C)CCC[C@]1(C)OCC(=CCO[Si](c2ccccc2)(c2ccccc2)C(C)(C)C)CC[C@@H]1O[Si](c1ccccc1)(c1ccccc1)C(C)(C)C. The summed E-state index contributed by atoms with van der Waals surface area (Å²) in [5.74, 6) is 0.561. The molecule has 4 atom stereocenters. The Kier molecular flexibility index (Phi) is 15.6. The first-order valence-electron chi connectivity index (χ1n) is 21.8. The van der Waals surface area contributed by atoms with Crippen LogP contribution in [0.2, 0.25) is 10.1 Å². The largest absolute Gasteiger partial charge is 0.404 e. The van der Waals surface area contributed by atoms with Crippen molar-refractivity contribution in [2.45, 2.75) is 129 Å². The summed E-state index contributed by atoms with van der Waals surface area (Å²) in [4.78, 5) is 0. The number of benzene rings is 4. The van der Waals surface area contributed by atoms with E-state index < -0.39 is 28.3 Å². The minimum Gasteiger partial charge on any atom is -0.404 e. The van der Waals surface area contributed by atoms with E-state index in [-0.39, 0.29) is 22.1 Å². The van der Waals surface area contributed by atoms with Crippen molar-refractivity contribution in [1.82, 2.24) is 0 Å². The molecule has 1 aliphatic heterocycles. The van der Waals surface area contributed by atoms with E-state index in [1.54, 1.807) is 0 Å². The smallest absolute Gasteiger partial charge is 0.261 e. The third-order valence-electron chi connectivity index (χ3n) is 12.4. The lowest BCUT2D eigenvalue weighted by atomic mass is 9.87. The third-order valence-corrected chi connectivity index (χ3v) is 22.5. The fourth-order valence-corrected chi connectivity index (χ4v) is 18.3. The van der Waals surface area contributed by atoms with Crippen LogP contribution in [0, 0.1) is 11.8 Å². The van der Waals surface area contributed by atoms with Crippen LogP contribution >= 0.6 is 0 Å². The minimum absolute atomic E-state index is 0.100. The molecule has 1 fully saturated rings. The molecule has 0 aliphatic carbocycles. The Morgan fingerprint density at radius 1 is 0.707 bits per heavy atom. The number of rotatable bonds is 16. The van der Waals surface area contributed by atoms with Gasteiger partial charge in [0.2, 0.25) is 0 Å². The van der Waals surface area contributed by atoms with Crippen molar-refractivity contribution >= 4 is 37.4 Å². The number of aliphatic hydroxyl groups excluding tert-OH is 1. The first-order valence-corrected chi connectivity index (χ1v) is 25.6. The standard InChI is InChI=1S/C52H72O4Si2/c1-41(2)33-35-48(53)42(3)24-23-38-52(10)49(56-58(51(7,8)9,46-29-19-13-20-30-46)47-31-21-14-22-32-47)36-34-43(40-54-52)37-39-55-57(50(4,5)6,44-25-15-11-16-26-44)45-27-17-12-18-28-45/h11-22,25-33,35,37,41-42,48-49,53H,23-24,34,36,38-40H2,1-10H3/t42?,48?,49-,52-/m0/s1. The zero-order valence-corrected chi connectivity index (χ0v) is 39.2. The quantitative estimate of drug-likeness (QED) is 0.0904. The maximum absolute atomic E-state index is 11.0. The Morgan fingerprint density at radius 3 is 1.59 bits per heavy atom. The molecule has 4 nitrogen and oxygen atoms in total. The summed E-state index contributed by atoms with van der Waals surface area (Å²) in [5.41, 5.74) is 0.722. The Morgan fingerprint density at radius 2 is 1.16 bits per heavy atom. The molecule has 1 heterocycles. The number of hydrogen-bond donors (Lipinski definition) is 1. The predicted molar refractivity (Wildman–Crippen MR) is 251 cm³/mol. The van der Waals surface area contributed by atoms with Gasteiger partial charge in [0.15, 0.2) is 0 Å². The lowest BCUT2D eigenvalue weighted by Gasteiger charge is -2.48. The molecular weight excluding hydrogens is 745 g/mol. The summed E-state index contributed by atoms with van der Waals surface area (Å²) in [6.07, 6.45) is 10.2. The van der Waals surface area contributed by atoms with Crippen molar-refractivity contribution in [2.24, 2.45) is 11.8 Å². The van der Waals surface area contributed by atoms with E-state index in [4.69, 9.17) is 13.6 Å². The van der Waals surface area contributed by atoms with Gasteiger partial charge in [0.1, 0.15) is 0 Å². The topological polar surface area (TPSA) is 47.9 Å². The molecule has 0 radical (unpaired) electrons. The van der Waals surface area contributed by atoms with E-state index in [1.807, 2.05) is 6.08 Å². The average Bonchev–Trinajstić information content (AvgIpc) is 3.35. The van der Waals surface area contributed by atoms with Crippen LogP contribution in [0.1, 0.15) is 101 Å². The maximum atomic E-state index is 11.0. The van der Waals surface area contributed by atoms with Crippen LogP contribution in [0.5, 0.6) is 0 Å². The number of allylic oxidation sites excluding steroid dienone is 1. The van der Waals surface area contributed by atoms with Gasteiger partial charge in [-0.2, -0.15) is 0 Å². The normalized spacial score (nSPS) is 20.3. The van der Waals surface area contributed by atoms with Crippen LogP contribution < -0.4 is 20.7 Å². The van der Waals surface area contributed by atoms with E-state index >= 15 is 0 Å². The van der Waals surface area contributed by atoms with Crippen LogP contribution in [0.25, 0.3) is 0 Å². The molecule has 1 N–H and O–H groups in total. The van der Waals surface area contributed by atoms with Crippen molar-refractivity contribution in [3.63, 3.8) is 0 Å².